The Morgan fingerprint density at radius 2 is 1.86 bits per heavy atom. The number of para-hydroxylation sites is 1. The van der Waals surface area contributed by atoms with E-state index in [0.29, 0.717) is 5.75 Å². The Morgan fingerprint density at radius 3 is 2.52 bits per heavy atom. The van der Waals surface area contributed by atoms with Crippen LogP contribution < -0.4 is 10.5 Å². The van der Waals surface area contributed by atoms with Crippen molar-refractivity contribution in [1.82, 2.24) is 0 Å². The van der Waals surface area contributed by atoms with Gasteiger partial charge in [0.05, 0.1) is 13.0 Å². The van der Waals surface area contributed by atoms with Gasteiger partial charge in [-0.05, 0) is 17.7 Å². The Labute approximate surface area is 128 Å². The second-order valence-corrected chi connectivity index (χ2v) is 5.51. The summed E-state index contributed by atoms with van der Waals surface area (Å²) in [5.41, 5.74) is 6.86. The van der Waals surface area contributed by atoms with E-state index in [4.69, 9.17) is 15.7 Å². The van der Waals surface area contributed by atoms with Crippen molar-refractivity contribution in [2.75, 3.05) is 12.9 Å². The maximum absolute atomic E-state index is 8.99. The van der Waals surface area contributed by atoms with Gasteiger partial charge in [0.15, 0.2) is 0 Å². The van der Waals surface area contributed by atoms with Gasteiger partial charge in [-0.2, -0.15) is 0 Å². The van der Waals surface area contributed by atoms with Crippen LogP contribution in [0.1, 0.15) is 11.5 Å². The first-order chi connectivity index (χ1) is 10.3. The maximum atomic E-state index is 8.99. The molecule has 0 bridgehead atoms. The number of benzene rings is 2. The lowest BCUT2D eigenvalue weighted by Crippen LogP contribution is -2.23. The van der Waals surface area contributed by atoms with Crippen molar-refractivity contribution in [2.45, 2.75) is 10.8 Å². The van der Waals surface area contributed by atoms with Gasteiger partial charge in [-0.3, -0.25) is 0 Å². The smallest absolute Gasteiger partial charge is 0.147 e. The average Bonchev–Trinajstić information content (AvgIpc) is 2.56. The molecule has 0 fully saturated rings. The van der Waals surface area contributed by atoms with Gasteiger partial charge in [0.1, 0.15) is 11.6 Å². The van der Waals surface area contributed by atoms with E-state index in [1.54, 1.807) is 18.9 Å². The molecule has 0 heterocycles. The van der Waals surface area contributed by atoms with Gasteiger partial charge in [-0.1, -0.05) is 47.6 Å². The summed E-state index contributed by atoms with van der Waals surface area (Å²) >= 11 is 1.62. The molecular weight excluding hydrogens is 284 g/mol. The Bertz CT molecular complexity index is 602. The number of hydrogen-bond acceptors (Lipinski definition) is 4. The van der Waals surface area contributed by atoms with E-state index in [1.807, 2.05) is 54.6 Å². The predicted molar refractivity (Wildman–Crippen MR) is 86.3 cm³/mol. The summed E-state index contributed by atoms with van der Waals surface area (Å²) in [5.74, 6) is 1.56. The van der Waals surface area contributed by atoms with Crippen molar-refractivity contribution < 1.29 is 9.94 Å². The van der Waals surface area contributed by atoms with Gasteiger partial charge in [0.2, 0.25) is 0 Å². The third kappa shape index (κ3) is 3.92. The molecule has 0 aliphatic carbocycles. The van der Waals surface area contributed by atoms with Crippen LogP contribution in [-0.4, -0.2) is 23.9 Å². The first-order valence-electron chi connectivity index (χ1n) is 6.54. The first kappa shape index (κ1) is 15.3. The molecule has 0 spiro atoms. The van der Waals surface area contributed by atoms with Crippen molar-refractivity contribution >= 4 is 17.6 Å². The van der Waals surface area contributed by atoms with Crippen LogP contribution >= 0.6 is 11.8 Å². The van der Waals surface area contributed by atoms with Crippen LogP contribution in [0.25, 0.3) is 0 Å². The summed E-state index contributed by atoms with van der Waals surface area (Å²) in [5, 5.41) is 12.2. The number of nitrogens with two attached hydrogens (primary N) is 1. The van der Waals surface area contributed by atoms with E-state index in [9.17, 15) is 0 Å². The summed E-state index contributed by atoms with van der Waals surface area (Å²) in [7, 11) is 1.65. The van der Waals surface area contributed by atoms with Crippen molar-refractivity contribution in [3.8, 4) is 5.75 Å². The Hall–Kier alpha value is -2.14. The minimum Gasteiger partial charge on any atom is -0.496 e. The molecule has 2 aromatic carbocycles. The zero-order chi connectivity index (χ0) is 15.1. The van der Waals surface area contributed by atoms with E-state index >= 15 is 0 Å². The van der Waals surface area contributed by atoms with E-state index in [-0.39, 0.29) is 11.8 Å². The van der Waals surface area contributed by atoms with Crippen LogP contribution in [0, 0.1) is 0 Å². The van der Waals surface area contributed by atoms with Gasteiger partial charge in [-0.25, -0.2) is 0 Å². The monoisotopic (exact) mass is 302 g/mol. The van der Waals surface area contributed by atoms with E-state index in [2.05, 4.69) is 5.16 Å². The molecule has 0 saturated heterocycles. The topological polar surface area (TPSA) is 67.8 Å². The van der Waals surface area contributed by atoms with E-state index in [0.717, 1.165) is 16.2 Å². The Kier molecular flexibility index (Phi) is 5.51. The fraction of sp³-hybridized carbons (Fsp3) is 0.188. The lowest BCUT2D eigenvalue weighted by Gasteiger charge is -2.16. The molecule has 1 atom stereocenters. The van der Waals surface area contributed by atoms with Crippen LogP contribution in [0.15, 0.2) is 64.6 Å². The number of nitrogens with zero attached hydrogens (tertiary/aromatic N) is 1. The minimum absolute atomic E-state index is 0.147. The zero-order valence-corrected chi connectivity index (χ0v) is 12.6. The average molecular weight is 302 g/mol. The van der Waals surface area contributed by atoms with E-state index < -0.39 is 0 Å². The molecule has 2 rings (SSSR count). The molecular formula is C16H18N2O2S. The summed E-state index contributed by atoms with van der Waals surface area (Å²) < 4.78 is 5.34. The number of rotatable bonds is 6. The molecule has 1 unspecified atom stereocenters. The summed E-state index contributed by atoms with van der Waals surface area (Å²) in [6, 6.07) is 17.6. The number of amidine groups is 1. The van der Waals surface area contributed by atoms with Gasteiger partial charge in [0.25, 0.3) is 0 Å². The van der Waals surface area contributed by atoms with Crippen molar-refractivity contribution in [2.24, 2.45) is 10.9 Å². The zero-order valence-electron chi connectivity index (χ0n) is 11.8. The quantitative estimate of drug-likeness (QED) is 0.282. The fourth-order valence-electron chi connectivity index (χ4n) is 2.02. The molecule has 0 saturated carbocycles. The molecule has 4 nitrogen and oxygen atoms in total. The lowest BCUT2D eigenvalue weighted by molar-refractivity contribution is 0.316. The fourth-order valence-corrected chi connectivity index (χ4v) is 3.20. The summed E-state index contributed by atoms with van der Waals surface area (Å²) in [6.07, 6.45) is 0. The third-order valence-corrected chi connectivity index (χ3v) is 4.30. The van der Waals surface area contributed by atoms with Crippen molar-refractivity contribution in [3.05, 3.63) is 60.2 Å². The summed E-state index contributed by atoms with van der Waals surface area (Å²) in [6.45, 7) is 0. The van der Waals surface area contributed by atoms with Crippen molar-refractivity contribution in [3.63, 3.8) is 0 Å². The normalized spacial score (nSPS) is 12.9. The highest BCUT2D eigenvalue weighted by Gasteiger charge is 2.17. The molecule has 0 aliphatic heterocycles. The molecule has 0 aliphatic rings. The number of thioether (sulfide) groups is 1. The summed E-state index contributed by atoms with van der Waals surface area (Å²) in [4.78, 5) is 1.03. The highest BCUT2D eigenvalue weighted by molar-refractivity contribution is 7.99. The maximum Gasteiger partial charge on any atom is 0.147 e. The largest absolute Gasteiger partial charge is 0.496 e. The standard InChI is InChI=1S/C16H18N2O2S/c1-20-14-9-5-6-10-15(14)21-11-13(16(17)18-19)12-7-3-2-4-8-12/h2-10,13,19H,11H2,1H3,(H2,17,18). The number of hydrogen-bond donors (Lipinski definition) is 2. The number of methoxy groups -OCH3 is 1. The predicted octanol–water partition coefficient (Wildman–Crippen LogP) is 3.32. The highest BCUT2D eigenvalue weighted by atomic mass is 32.2. The molecule has 5 heteroatoms. The van der Waals surface area contributed by atoms with Crippen LogP contribution in [0.3, 0.4) is 0 Å². The van der Waals surface area contributed by atoms with Gasteiger partial charge < -0.3 is 15.7 Å². The highest BCUT2D eigenvalue weighted by Crippen LogP contribution is 2.32. The molecule has 21 heavy (non-hydrogen) atoms. The Morgan fingerprint density at radius 1 is 1.19 bits per heavy atom. The van der Waals surface area contributed by atoms with Crippen LogP contribution in [0.2, 0.25) is 0 Å². The number of oxime groups is 1. The molecule has 0 radical (unpaired) electrons. The number of ether oxygens (including phenoxy) is 1. The minimum atomic E-state index is -0.147. The van der Waals surface area contributed by atoms with Crippen molar-refractivity contribution in [1.29, 1.82) is 0 Å². The van der Waals surface area contributed by atoms with Crippen LogP contribution in [0.5, 0.6) is 5.75 Å². The lowest BCUT2D eigenvalue weighted by atomic mass is 10.0. The Balaban J connectivity index is 2.17. The molecule has 0 amide bonds. The van der Waals surface area contributed by atoms with E-state index in [1.165, 1.54) is 0 Å². The molecule has 3 N–H and O–H groups in total. The molecule has 0 aromatic heterocycles. The first-order valence-corrected chi connectivity index (χ1v) is 7.53. The third-order valence-electron chi connectivity index (χ3n) is 3.15. The molecule has 2 aromatic rings. The second-order valence-electron chi connectivity index (χ2n) is 4.45. The SMILES string of the molecule is COc1ccccc1SCC(C(N)=NO)c1ccccc1. The second kappa shape index (κ2) is 7.59. The molecule has 110 valence electrons. The van der Waals surface area contributed by atoms with Crippen LogP contribution in [0.4, 0.5) is 0 Å². The van der Waals surface area contributed by atoms with Gasteiger partial charge >= 0.3 is 0 Å². The van der Waals surface area contributed by atoms with Gasteiger partial charge in [-0.15, -0.1) is 11.8 Å². The van der Waals surface area contributed by atoms with Gasteiger partial charge in [0, 0.05) is 10.6 Å². The van der Waals surface area contributed by atoms with Crippen LogP contribution in [-0.2, 0) is 0 Å².